The van der Waals surface area contributed by atoms with Crippen LogP contribution in [-0.4, -0.2) is 6.26 Å². The van der Waals surface area contributed by atoms with Gasteiger partial charge in [0.25, 0.3) is 0 Å². The first kappa shape index (κ1) is 12.7. The Balaban J connectivity index is 2.40. The van der Waals surface area contributed by atoms with Gasteiger partial charge >= 0.3 is 0 Å². The number of para-hydroxylation sites is 1. The largest absolute Gasteiger partial charge is 0.395 e. The van der Waals surface area contributed by atoms with Crippen LogP contribution in [0.3, 0.4) is 0 Å². The molecule has 3 N–H and O–H groups in total. The van der Waals surface area contributed by atoms with E-state index >= 15 is 0 Å². The molecule has 0 aliphatic heterocycles. The van der Waals surface area contributed by atoms with Crippen molar-refractivity contribution in [2.75, 3.05) is 17.3 Å². The molecule has 0 saturated carbocycles. The molecule has 0 aromatic heterocycles. The van der Waals surface area contributed by atoms with Crippen molar-refractivity contribution in [3.05, 3.63) is 48.0 Å². The second-order valence-corrected chi connectivity index (χ2v) is 4.52. The van der Waals surface area contributed by atoms with Crippen LogP contribution in [0.1, 0.15) is 0 Å². The number of rotatable bonds is 3. The van der Waals surface area contributed by atoms with E-state index in [4.69, 9.17) is 5.73 Å². The Morgan fingerprint density at radius 3 is 2.56 bits per heavy atom. The fourth-order valence-electron chi connectivity index (χ4n) is 1.58. The second kappa shape index (κ2) is 5.27. The maximum Gasteiger partial charge on any atom is 0.151 e. The molecular formula is C13H12F2N2S. The van der Waals surface area contributed by atoms with Gasteiger partial charge in [-0.15, -0.1) is 11.8 Å². The van der Waals surface area contributed by atoms with Gasteiger partial charge in [0.15, 0.2) is 5.82 Å². The van der Waals surface area contributed by atoms with Crippen molar-refractivity contribution in [1.82, 2.24) is 0 Å². The van der Waals surface area contributed by atoms with Crippen LogP contribution in [0.5, 0.6) is 0 Å². The molecule has 0 fully saturated rings. The van der Waals surface area contributed by atoms with Crippen molar-refractivity contribution in [3.8, 4) is 0 Å². The van der Waals surface area contributed by atoms with Crippen LogP contribution in [0, 0.1) is 11.6 Å². The van der Waals surface area contributed by atoms with Gasteiger partial charge in [0, 0.05) is 11.0 Å². The molecule has 0 unspecified atom stereocenters. The van der Waals surface area contributed by atoms with E-state index < -0.39 is 11.6 Å². The van der Waals surface area contributed by atoms with Gasteiger partial charge in [0.1, 0.15) is 5.82 Å². The molecule has 2 rings (SSSR count). The van der Waals surface area contributed by atoms with E-state index in [0.29, 0.717) is 0 Å². The highest BCUT2D eigenvalue weighted by atomic mass is 32.2. The molecule has 94 valence electrons. The van der Waals surface area contributed by atoms with Gasteiger partial charge in [0.05, 0.1) is 17.1 Å². The Hall–Kier alpha value is -1.75. The maximum absolute atomic E-state index is 13.3. The van der Waals surface area contributed by atoms with Gasteiger partial charge in [-0.1, -0.05) is 12.1 Å². The van der Waals surface area contributed by atoms with E-state index in [0.717, 1.165) is 16.6 Å². The summed E-state index contributed by atoms with van der Waals surface area (Å²) >= 11 is 1.54. The third kappa shape index (κ3) is 2.56. The van der Waals surface area contributed by atoms with E-state index in [1.807, 2.05) is 30.5 Å². The van der Waals surface area contributed by atoms with Gasteiger partial charge in [0.2, 0.25) is 0 Å². The van der Waals surface area contributed by atoms with Gasteiger partial charge in [-0.3, -0.25) is 0 Å². The van der Waals surface area contributed by atoms with Crippen molar-refractivity contribution >= 4 is 28.8 Å². The minimum Gasteiger partial charge on any atom is -0.395 e. The van der Waals surface area contributed by atoms with E-state index in [9.17, 15) is 8.78 Å². The van der Waals surface area contributed by atoms with E-state index in [2.05, 4.69) is 5.32 Å². The topological polar surface area (TPSA) is 38.0 Å². The summed E-state index contributed by atoms with van der Waals surface area (Å²) in [6.45, 7) is 0. The van der Waals surface area contributed by atoms with Crippen molar-refractivity contribution in [3.63, 3.8) is 0 Å². The minimum atomic E-state index is -0.765. The van der Waals surface area contributed by atoms with Gasteiger partial charge in [-0.2, -0.15) is 0 Å². The minimum absolute atomic E-state index is 0.0905. The number of nitrogen functional groups attached to an aromatic ring is 1. The summed E-state index contributed by atoms with van der Waals surface area (Å²) in [5, 5.41) is 2.95. The lowest BCUT2D eigenvalue weighted by atomic mass is 10.2. The fourth-order valence-corrected chi connectivity index (χ4v) is 2.13. The number of halogens is 2. The van der Waals surface area contributed by atoms with Crippen LogP contribution in [0.2, 0.25) is 0 Å². The predicted molar refractivity (Wildman–Crippen MR) is 72.3 cm³/mol. The highest BCUT2D eigenvalue weighted by Crippen LogP contribution is 2.31. The lowest BCUT2D eigenvalue weighted by molar-refractivity contribution is 0.587. The quantitative estimate of drug-likeness (QED) is 0.651. The molecule has 0 heterocycles. The van der Waals surface area contributed by atoms with Crippen LogP contribution in [0.4, 0.5) is 25.8 Å². The van der Waals surface area contributed by atoms with Crippen molar-refractivity contribution < 1.29 is 8.78 Å². The highest BCUT2D eigenvalue weighted by Gasteiger charge is 2.09. The summed E-state index contributed by atoms with van der Waals surface area (Å²) in [4.78, 5) is 0.974. The number of anilines is 3. The predicted octanol–water partition coefficient (Wildman–Crippen LogP) is 4.01. The molecule has 0 saturated heterocycles. The van der Waals surface area contributed by atoms with Crippen LogP contribution in [0.25, 0.3) is 0 Å². The Morgan fingerprint density at radius 2 is 1.83 bits per heavy atom. The van der Waals surface area contributed by atoms with Crippen molar-refractivity contribution in [2.45, 2.75) is 4.90 Å². The molecule has 5 heteroatoms. The van der Waals surface area contributed by atoms with E-state index in [1.165, 1.54) is 17.8 Å². The summed E-state index contributed by atoms with van der Waals surface area (Å²) in [6.07, 6.45) is 1.93. The number of nitrogens with one attached hydrogen (secondary N) is 1. The zero-order valence-electron chi connectivity index (χ0n) is 9.71. The normalized spacial score (nSPS) is 10.4. The van der Waals surface area contributed by atoms with Crippen LogP contribution in [0.15, 0.2) is 41.3 Å². The fraction of sp³-hybridized carbons (Fsp3) is 0.0769. The summed E-state index contributed by atoms with van der Waals surface area (Å²) in [5.74, 6) is -1.43. The average molecular weight is 266 g/mol. The standard InChI is InChI=1S/C13H12F2N2S/c1-18-12-5-3-2-4-10(12)17-11-7-8(14)6-9(15)13(11)16/h2-7,17H,16H2,1H3. The Morgan fingerprint density at radius 1 is 1.11 bits per heavy atom. The SMILES string of the molecule is CSc1ccccc1Nc1cc(F)cc(F)c1N. The lowest BCUT2D eigenvalue weighted by Crippen LogP contribution is -2.01. The second-order valence-electron chi connectivity index (χ2n) is 3.67. The molecule has 0 amide bonds. The molecule has 0 atom stereocenters. The summed E-state index contributed by atoms with van der Waals surface area (Å²) in [5.41, 5.74) is 6.49. The van der Waals surface area contributed by atoms with Crippen LogP contribution < -0.4 is 11.1 Å². The van der Waals surface area contributed by atoms with Crippen molar-refractivity contribution in [1.29, 1.82) is 0 Å². The van der Waals surface area contributed by atoms with Gasteiger partial charge < -0.3 is 11.1 Å². The summed E-state index contributed by atoms with van der Waals surface area (Å²) in [6, 6.07) is 9.42. The monoisotopic (exact) mass is 266 g/mol. The first-order valence-electron chi connectivity index (χ1n) is 5.26. The molecule has 0 bridgehead atoms. The molecule has 0 radical (unpaired) electrons. The molecule has 0 aliphatic carbocycles. The molecule has 2 aromatic rings. The maximum atomic E-state index is 13.3. The third-order valence-electron chi connectivity index (χ3n) is 2.47. The molecule has 0 aliphatic rings. The number of benzene rings is 2. The Bertz CT molecular complexity index is 573. The first-order chi connectivity index (χ1) is 8.61. The molecule has 2 aromatic carbocycles. The average Bonchev–Trinajstić information content (AvgIpc) is 2.36. The number of nitrogens with two attached hydrogens (primary N) is 1. The van der Waals surface area contributed by atoms with Crippen molar-refractivity contribution in [2.24, 2.45) is 0 Å². The number of hydrogen-bond donors (Lipinski definition) is 2. The molecule has 18 heavy (non-hydrogen) atoms. The molecule has 2 nitrogen and oxygen atoms in total. The van der Waals surface area contributed by atoms with E-state index in [1.54, 1.807) is 0 Å². The smallest absolute Gasteiger partial charge is 0.151 e. The third-order valence-corrected chi connectivity index (χ3v) is 3.27. The molecular weight excluding hydrogens is 254 g/mol. The lowest BCUT2D eigenvalue weighted by Gasteiger charge is -2.12. The number of hydrogen-bond acceptors (Lipinski definition) is 3. The van der Waals surface area contributed by atoms with Gasteiger partial charge in [-0.05, 0) is 24.5 Å². The highest BCUT2D eigenvalue weighted by molar-refractivity contribution is 7.98. The van der Waals surface area contributed by atoms with E-state index in [-0.39, 0.29) is 11.4 Å². The van der Waals surface area contributed by atoms with Crippen LogP contribution in [-0.2, 0) is 0 Å². The van der Waals surface area contributed by atoms with Gasteiger partial charge in [-0.25, -0.2) is 8.78 Å². The zero-order valence-corrected chi connectivity index (χ0v) is 10.5. The summed E-state index contributed by atoms with van der Waals surface area (Å²) in [7, 11) is 0. The first-order valence-corrected chi connectivity index (χ1v) is 6.49. The zero-order chi connectivity index (χ0) is 13.1. The molecule has 0 spiro atoms. The Kier molecular flexibility index (Phi) is 3.72. The number of thioether (sulfide) groups is 1. The van der Waals surface area contributed by atoms with Crippen LogP contribution >= 0.6 is 11.8 Å². The Labute approximate surface area is 108 Å². The summed E-state index contributed by atoms with van der Waals surface area (Å²) < 4.78 is 26.5.